The van der Waals surface area contributed by atoms with Crippen LogP contribution in [0.5, 0.6) is 0 Å². The third-order valence-corrected chi connectivity index (χ3v) is 3.79. The summed E-state index contributed by atoms with van der Waals surface area (Å²) >= 11 is 0. The molecule has 1 atom stereocenters. The van der Waals surface area contributed by atoms with Gasteiger partial charge in [-0.2, -0.15) is 0 Å². The highest BCUT2D eigenvalue weighted by Crippen LogP contribution is 2.26. The summed E-state index contributed by atoms with van der Waals surface area (Å²) in [6.45, 7) is 5.50. The Kier molecular flexibility index (Phi) is 3.51. The number of nitrogens with zero attached hydrogens (tertiary/aromatic N) is 1. The van der Waals surface area contributed by atoms with Crippen molar-refractivity contribution in [2.24, 2.45) is 0 Å². The molecule has 1 aliphatic rings. The zero-order chi connectivity index (χ0) is 13.1. The van der Waals surface area contributed by atoms with Crippen LogP contribution in [0.25, 0.3) is 11.1 Å². The first-order valence-corrected chi connectivity index (χ1v) is 6.97. The van der Waals surface area contributed by atoms with Crippen molar-refractivity contribution < 1.29 is 0 Å². The minimum absolute atomic E-state index is 0.555. The van der Waals surface area contributed by atoms with Gasteiger partial charge >= 0.3 is 0 Å². The SMILES string of the molecule is C[C@H]1CNCCN1c1cccc(-c2ccccc2)c1. The summed E-state index contributed by atoms with van der Waals surface area (Å²) in [7, 11) is 0. The number of benzene rings is 2. The van der Waals surface area contributed by atoms with Crippen molar-refractivity contribution in [1.29, 1.82) is 0 Å². The molecule has 1 aliphatic heterocycles. The molecule has 19 heavy (non-hydrogen) atoms. The zero-order valence-corrected chi connectivity index (χ0v) is 11.3. The second-order valence-electron chi connectivity index (χ2n) is 5.16. The van der Waals surface area contributed by atoms with Crippen molar-refractivity contribution in [3.63, 3.8) is 0 Å². The van der Waals surface area contributed by atoms with Crippen LogP contribution in [0.4, 0.5) is 5.69 Å². The molecule has 0 radical (unpaired) electrons. The van der Waals surface area contributed by atoms with Gasteiger partial charge in [0.25, 0.3) is 0 Å². The molecule has 98 valence electrons. The fraction of sp³-hybridized carbons (Fsp3) is 0.294. The first-order valence-electron chi connectivity index (χ1n) is 6.97. The smallest absolute Gasteiger partial charge is 0.0386 e. The summed E-state index contributed by atoms with van der Waals surface area (Å²) in [5.74, 6) is 0. The average molecular weight is 252 g/mol. The molecule has 1 saturated heterocycles. The van der Waals surface area contributed by atoms with Gasteiger partial charge in [0.15, 0.2) is 0 Å². The number of piperazine rings is 1. The van der Waals surface area contributed by atoms with Crippen molar-refractivity contribution in [2.45, 2.75) is 13.0 Å². The fourth-order valence-corrected chi connectivity index (χ4v) is 2.72. The van der Waals surface area contributed by atoms with Crippen LogP contribution in [0.3, 0.4) is 0 Å². The van der Waals surface area contributed by atoms with Crippen LogP contribution in [-0.2, 0) is 0 Å². The summed E-state index contributed by atoms with van der Waals surface area (Å²) in [5, 5.41) is 3.44. The van der Waals surface area contributed by atoms with Crippen LogP contribution < -0.4 is 10.2 Å². The van der Waals surface area contributed by atoms with E-state index in [1.165, 1.54) is 16.8 Å². The van der Waals surface area contributed by atoms with Crippen molar-refractivity contribution in [2.75, 3.05) is 24.5 Å². The van der Waals surface area contributed by atoms with E-state index in [9.17, 15) is 0 Å². The van der Waals surface area contributed by atoms with Gasteiger partial charge in [-0.05, 0) is 30.2 Å². The molecule has 0 aromatic heterocycles. The number of hydrogen-bond acceptors (Lipinski definition) is 2. The molecule has 1 fully saturated rings. The molecule has 0 amide bonds. The van der Waals surface area contributed by atoms with Crippen LogP contribution >= 0.6 is 0 Å². The summed E-state index contributed by atoms with van der Waals surface area (Å²) in [6, 6.07) is 20.0. The molecular weight excluding hydrogens is 232 g/mol. The molecule has 1 heterocycles. The number of anilines is 1. The van der Waals surface area contributed by atoms with E-state index in [0.717, 1.165) is 19.6 Å². The van der Waals surface area contributed by atoms with E-state index in [-0.39, 0.29) is 0 Å². The Morgan fingerprint density at radius 1 is 1.00 bits per heavy atom. The van der Waals surface area contributed by atoms with Gasteiger partial charge < -0.3 is 10.2 Å². The van der Waals surface area contributed by atoms with Crippen molar-refractivity contribution in [1.82, 2.24) is 5.32 Å². The molecule has 0 spiro atoms. The van der Waals surface area contributed by atoms with Gasteiger partial charge in [-0.25, -0.2) is 0 Å². The Morgan fingerprint density at radius 2 is 1.79 bits per heavy atom. The Bertz CT molecular complexity index is 536. The van der Waals surface area contributed by atoms with Crippen LogP contribution in [-0.4, -0.2) is 25.7 Å². The lowest BCUT2D eigenvalue weighted by Crippen LogP contribution is -2.49. The van der Waals surface area contributed by atoms with Gasteiger partial charge in [0.2, 0.25) is 0 Å². The van der Waals surface area contributed by atoms with Crippen LogP contribution in [0, 0.1) is 0 Å². The van der Waals surface area contributed by atoms with E-state index in [1.54, 1.807) is 0 Å². The van der Waals surface area contributed by atoms with E-state index < -0.39 is 0 Å². The van der Waals surface area contributed by atoms with E-state index in [0.29, 0.717) is 6.04 Å². The fourth-order valence-electron chi connectivity index (χ4n) is 2.72. The maximum absolute atomic E-state index is 3.44. The standard InChI is InChI=1S/C17H20N2/c1-14-13-18-10-11-19(14)17-9-5-8-16(12-17)15-6-3-2-4-7-15/h2-9,12,14,18H,10-11,13H2,1H3/t14-/m0/s1. The molecule has 2 nitrogen and oxygen atoms in total. The molecule has 3 rings (SSSR count). The van der Waals surface area contributed by atoms with Gasteiger partial charge in [-0.1, -0.05) is 42.5 Å². The molecule has 0 bridgehead atoms. The molecule has 2 aromatic carbocycles. The predicted octanol–water partition coefficient (Wildman–Crippen LogP) is 3.15. The summed E-state index contributed by atoms with van der Waals surface area (Å²) in [4.78, 5) is 2.49. The summed E-state index contributed by atoms with van der Waals surface area (Å²) in [5.41, 5.74) is 3.91. The number of hydrogen-bond donors (Lipinski definition) is 1. The molecule has 2 aromatic rings. The Labute approximate surface area is 115 Å². The number of nitrogens with one attached hydrogen (secondary N) is 1. The molecule has 0 aliphatic carbocycles. The Balaban J connectivity index is 1.91. The lowest BCUT2D eigenvalue weighted by Gasteiger charge is -2.36. The largest absolute Gasteiger partial charge is 0.366 e. The molecule has 1 N–H and O–H groups in total. The van der Waals surface area contributed by atoms with E-state index in [2.05, 4.69) is 71.7 Å². The van der Waals surface area contributed by atoms with E-state index >= 15 is 0 Å². The molecular formula is C17H20N2. The van der Waals surface area contributed by atoms with Gasteiger partial charge in [-0.15, -0.1) is 0 Å². The topological polar surface area (TPSA) is 15.3 Å². The van der Waals surface area contributed by atoms with E-state index in [1.807, 2.05) is 0 Å². The second kappa shape index (κ2) is 5.45. The zero-order valence-electron chi connectivity index (χ0n) is 11.3. The van der Waals surface area contributed by atoms with Crippen molar-refractivity contribution >= 4 is 5.69 Å². The van der Waals surface area contributed by atoms with Gasteiger partial charge in [0.05, 0.1) is 0 Å². The van der Waals surface area contributed by atoms with Crippen LogP contribution in [0.1, 0.15) is 6.92 Å². The summed E-state index contributed by atoms with van der Waals surface area (Å²) in [6.07, 6.45) is 0. The van der Waals surface area contributed by atoms with Crippen LogP contribution in [0.2, 0.25) is 0 Å². The third-order valence-electron chi connectivity index (χ3n) is 3.79. The van der Waals surface area contributed by atoms with Gasteiger partial charge in [0.1, 0.15) is 0 Å². The van der Waals surface area contributed by atoms with E-state index in [4.69, 9.17) is 0 Å². The predicted molar refractivity (Wildman–Crippen MR) is 81.6 cm³/mol. The van der Waals surface area contributed by atoms with Crippen molar-refractivity contribution in [3.8, 4) is 11.1 Å². The average Bonchev–Trinajstić information content (AvgIpc) is 2.49. The lowest BCUT2D eigenvalue weighted by molar-refractivity contribution is 0.501. The molecule has 0 saturated carbocycles. The Morgan fingerprint density at radius 3 is 2.58 bits per heavy atom. The minimum atomic E-state index is 0.555. The molecule has 2 heteroatoms. The third kappa shape index (κ3) is 2.64. The number of rotatable bonds is 2. The first kappa shape index (κ1) is 12.2. The highest BCUT2D eigenvalue weighted by molar-refractivity contribution is 5.68. The van der Waals surface area contributed by atoms with Gasteiger partial charge in [0, 0.05) is 31.4 Å². The maximum Gasteiger partial charge on any atom is 0.0386 e. The Hall–Kier alpha value is -1.80. The van der Waals surface area contributed by atoms with Crippen LogP contribution in [0.15, 0.2) is 54.6 Å². The van der Waals surface area contributed by atoms with Gasteiger partial charge in [-0.3, -0.25) is 0 Å². The first-order chi connectivity index (χ1) is 9.34. The quantitative estimate of drug-likeness (QED) is 0.883. The highest BCUT2D eigenvalue weighted by atomic mass is 15.2. The maximum atomic E-state index is 3.44. The minimum Gasteiger partial charge on any atom is -0.366 e. The molecule has 0 unspecified atom stereocenters. The highest BCUT2D eigenvalue weighted by Gasteiger charge is 2.18. The second-order valence-corrected chi connectivity index (χ2v) is 5.16. The summed E-state index contributed by atoms with van der Waals surface area (Å²) < 4.78 is 0. The van der Waals surface area contributed by atoms with Crippen molar-refractivity contribution in [3.05, 3.63) is 54.6 Å². The normalized spacial score (nSPS) is 19.4. The lowest BCUT2D eigenvalue weighted by atomic mass is 10.0. The monoisotopic (exact) mass is 252 g/mol.